The largest absolute Gasteiger partial charge is 0.349 e. The molecule has 168 valence electrons. The fraction of sp³-hybridized carbons (Fsp3) is 0.850. The quantitative estimate of drug-likeness (QED) is 0.606. The first-order chi connectivity index (χ1) is 14.2. The number of sulfone groups is 1. The van der Waals surface area contributed by atoms with Crippen LogP contribution in [0.2, 0.25) is 0 Å². The van der Waals surface area contributed by atoms with Gasteiger partial charge in [0.25, 0.3) is 5.91 Å². The summed E-state index contributed by atoms with van der Waals surface area (Å²) in [5.41, 5.74) is -0.878. The van der Waals surface area contributed by atoms with E-state index in [1.54, 1.807) is 0 Å². The van der Waals surface area contributed by atoms with E-state index in [0.717, 1.165) is 50.1 Å². The van der Waals surface area contributed by atoms with E-state index in [2.05, 4.69) is 22.5 Å². The van der Waals surface area contributed by atoms with Crippen molar-refractivity contribution in [2.45, 2.75) is 69.5 Å². The fourth-order valence-corrected chi connectivity index (χ4v) is 7.34. The molecule has 0 bridgehead atoms. The third-order valence-corrected chi connectivity index (χ3v) is 8.92. The summed E-state index contributed by atoms with van der Waals surface area (Å²) in [5.74, 6) is -0.344. The Hall–Kier alpha value is -1.68. The smallest absolute Gasteiger partial charge is 0.325 e. The Morgan fingerprint density at radius 2 is 1.80 bits per heavy atom. The molecule has 2 unspecified atom stereocenters. The minimum absolute atomic E-state index is 0.0440. The molecule has 1 aliphatic carbocycles. The average molecular weight is 441 g/mol. The summed E-state index contributed by atoms with van der Waals surface area (Å²) in [6.45, 7) is 3.43. The van der Waals surface area contributed by atoms with Gasteiger partial charge >= 0.3 is 6.03 Å². The zero-order chi connectivity index (χ0) is 21.5. The molecular formula is C20H32N4O5S. The summed E-state index contributed by atoms with van der Waals surface area (Å²) in [5, 5.41) is 5.63. The molecule has 1 saturated carbocycles. The van der Waals surface area contributed by atoms with Crippen LogP contribution in [0.1, 0.15) is 51.9 Å². The van der Waals surface area contributed by atoms with Crippen LogP contribution >= 0.6 is 0 Å². The Bertz CT molecular complexity index is 815. The molecule has 4 fully saturated rings. The lowest BCUT2D eigenvalue weighted by atomic mass is 9.77. The Balaban J connectivity index is 1.40. The molecule has 4 aliphatic rings. The van der Waals surface area contributed by atoms with Crippen molar-refractivity contribution in [2.24, 2.45) is 5.92 Å². The van der Waals surface area contributed by atoms with Gasteiger partial charge in [-0.15, -0.1) is 0 Å². The summed E-state index contributed by atoms with van der Waals surface area (Å²) in [4.78, 5) is 41.2. The number of likely N-dealkylation sites (tertiary alicyclic amines) is 1. The maximum Gasteiger partial charge on any atom is 0.325 e. The number of carbonyl (C=O) groups is 3. The first-order valence-corrected chi connectivity index (χ1v) is 12.9. The van der Waals surface area contributed by atoms with E-state index >= 15 is 0 Å². The number of imide groups is 1. The van der Waals surface area contributed by atoms with Gasteiger partial charge in [0, 0.05) is 6.04 Å². The summed E-state index contributed by atoms with van der Waals surface area (Å²) < 4.78 is 24.5. The second kappa shape index (κ2) is 8.11. The van der Waals surface area contributed by atoms with Gasteiger partial charge in [-0.3, -0.25) is 19.4 Å². The van der Waals surface area contributed by atoms with Crippen LogP contribution in [-0.2, 0) is 19.4 Å². The molecule has 4 amide bonds. The Kier molecular flexibility index (Phi) is 5.82. The van der Waals surface area contributed by atoms with E-state index in [9.17, 15) is 22.8 Å². The van der Waals surface area contributed by atoms with Crippen LogP contribution in [0, 0.1) is 5.92 Å². The minimum atomic E-state index is -3.23. The third kappa shape index (κ3) is 4.21. The highest BCUT2D eigenvalue weighted by Crippen LogP contribution is 2.36. The second-order valence-corrected chi connectivity index (χ2v) is 11.7. The molecule has 30 heavy (non-hydrogen) atoms. The fourth-order valence-electron chi connectivity index (χ4n) is 5.39. The summed E-state index contributed by atoms with van der Waals surface area (Å²) in [6.07, 6.45) is 6.11. The van der Waals surface area contributed by atoms with Gasteiger partial charge in [0.1, 0.15) is 12.1 Å². The van der Waals surface area contributed by atoms with Gasteiger partial charge in [-0.25, -0.2) is 13.2 Å². The molecule has 0 aromatic carbocycles. The van der Waals surface area contributed by atoms with Crippen molar-refractivity contribution >= 4 is 27.7 Å². The highest BCUT2D eigenvalue weighted by atomic mass is 32.2. The molecule has 2 atom stereocenters. The van der Waals surface area contributed by atoms with E-state index < -0.39 is 33.4 Å². The second-order valence-electron chi connectivity index (χ2n) is 9.50. The van der Waals surface area contributed by atoms with Crippen LogP contribution < -0.4 is 10.6 Å². The lowest BCUT2D eigenvalue weighted by Gasteiger charge is -2.35. The number of nitrogens with one attached hydrogen (secondary N) is 2. The van der Waals surface area contributed by atoms with Gasteiger partial charge in [0.2, 0.25) is 5.91 Å². The molecule has 3 heterocycles. The van der Waals surface area contributed by atoms with Crippen LogP contribution in [-0.4, -0.2) is 84.8 Å². The first kappa shape index (κ1) is 21.5. The topological polar surface area (TPSA) is 116 Å². The number of piperidine rings is 1. The van der Waals surface area contributed by atoms with Gasteiger partial charge in [-0.05, 0) is 57.5 Å². The van der Waals surface area contributed by atoms with Gasteiger partial charge in [0.05, 0.1) is 17.5 Å². The van der Waals surface area contributed by atoms with Gasteiger partial charge in [0.15, 0.2) is 9.84 Å². The van der Waals surface area contributed by atoms with E-state index in [4.69, 9.17) is 0 Å². The van der Waals surface area contributed by atoms with Crippen LogP contribution in [0.3, 0.4) is 0 Å². The molecule has 4 rings (SSSR count). The summed E-state index contributed by atoms with van der Waals surface area (Å²) in [7, 11) is -3.23. The number of hydrogen-bond donors (Lipinski definition) is 2. The molecule has 2 N–H and O–H groups in total. The zero-order valence-electron chi connectivity index (χ0n) is 17.6. The maximum absolute atomic E-state index is 12.9. The van der Waals surface area contributed by atoms with E-state index in [1.165, 1.54) is 0 Å². The van der Waals surface area contributed by atoms with Crippen LogP contribution in [0.4, 0.5) is 4.79 Å². The average Bonchev–Trinajstić information content (AvgIpc) is 3.13. The lowest BCUT2D eigenvalue weighted by Crippen LogP contribution is -2.54. The molecule has 0 aromatic heterocycles. The minimum Gasteiger partial charge on any atom is -0.349 e. The lowest BCUT2D eigenvalue weighted by molar-refractivity contribution is -0.136. The molecular weight excluding hydrogens is 408 g/mol. The normalized spacial score (nSPS) is 36.8. The monoisotopic (exact) mass is 440 g/mol. The van der Waals surface area contributed by atoms with Crippen molar-refractivity contribution in [2.75, 3.05) is 31.1 Å². The molecule has 0 radical (unpaired) electrons. The highest BCUT2D eigenvalue weighted by molar-refractivity contribution is 7.91. The Labute approximate surface area is 177 Å². The van der Waals surface area contributed by atoms with E-state index in [1.807, 2.05) is 0 Å². The van der Waals surface area contributed by atoms with Crippen LogP contribution in [0.15, 0.2) is 0 Å². The van der Waals surface area contributed by atoms with Crippen molar-refractivity contribution in [3.05, 3.63) is 0 Å². The molecule has 3 aliphatic heterocycles. The van der Waals surface area contributed by atoms with Gasteiger partial charge in [-0.2, -0.15) is 0 Å². The number of urea groups is 1. The summed E-state index contributed by atoms with van der Waals surface area (Å²) in [6, 6.07) is -1.28. The number of carbonyl (C=O) groups excluding carboxylic acids is 3. The SMILES string of the molecule is CC1CCC2(CC1)NC(=O)N(CC(=O)NC1CS(=O)(=O)CC1N1CCCCC1)C2=O. The van der Waals surface area contributed by atoms with Crippen molar-refractivity contribution in [1.82, 2.24) is 20.4 Å². The standard InChI is InChI=1S/C20H32N4O5S/c1-14-5-7-20(8-6-14)18(26)24(19(27)22-20)11-17(25)21-15-12-30(28,29)13-16(15)23-9-3-2-4-10-23/h14-16H,2-13H2,1H3,(H,21,25)(H,22,27). The number of rotatable bonds is 4. The Morgan fingerprint density at radius 1 is 1.13 bits per heavy atom. The number of hydrogen-bond acceptors (Lipinski definition) is 6. The summed E-state index contributed by atoms with van der Waals surface area (Å²) >= 11 is 0. The molecule has 3 saturated heterocycles. The first-order valence-electron chi connectivity index (χ1n) is 11.1. The van der Waals surface area contributed by atoms with Crippen molar-refractivity contribution in [3.8, 4) is 0 Å². The molecule has 10 heteroatoms. The number of amides is 4. The van der Waals surface area contributed by atoms with Crippen molar-refractivity contribution in [3.63, 3.8) is 0 Å². The molecule has 1 spiro atoms. The number of nitrogens with zero attached hydrogens (tertiary/aromatic N) is 2. The van der Waals surface area contributed by atoms with Crippen molar-refractivity contribution in [1.29, 1.82) is 0 Å². The molecule has 0 aromatic rings. The van der Waals surface area contributed by atoms with E-state index in [0.29, 0.717) is 18.8 Å². The van der Waals surface area contributed by atoms with Crippen LogP contribution in [0.25, 0.3) is 0 Å². The van der Waals surface area contributed by atoms with Gasteiger partial charge in [-0.1, -0.05) is 13.3 Å². The van der Waals surface area contributed by atoms with Gasteiger partial charge < -0.3 is 10.6 Å². The van der Waals surface area contributed by atoms with Crippen molar-refractivity contribution < 1.29 is 22.8 Å². The zero-order valence-corrected chi connectivity index (χ0v) is 18.4. The van der Waals surface area contributed by atoms with E-state index in [-0.39, 0.29) is 30.0 Å². The predicted octanol–water partition coefficient (Wildman–Crippen LogP) is 0.255. The highest BCUT2D eigenvalue weighted by Gasteiger charge is 2.52. The third-order valence-electron chi connectivity index (χ3n) is 7.20. The maximum atomic E-state index is 12.9. The molecule has 9 nitrogen and oxygen atoms in total. The van der Waals surface area contributed by atoms with Crippen LogP contribution in [0.5, 0.6) is 0 Å². The Morgan fingerprint density at radius 3 is 2.47 bits per heavy atom. The predicted molar refractivity (Wildman–Crippen MR) is 110 cm³/mol.